The topological polar surface area (TPSA) is 49.5 Å². The van der Waals surface area contributed by atoms with Crippen LogP contribution >= 0.6 is 0 Å². The number of aryl methyl sites for hydroxylation is 1. The standard InChI is InChI=1S/C17H24N2O2/c1-12(2)14(4)19(10-15-6-5-9-21-15)11-16-17(20)8-7-13(3)18-16/h5-9,12,14,20H,10-11H2,1-4H3/t14-/m0/s1. The summed E-state index contributed by atoms with van der Waals surface area (Å²) in [6.45, 7) is 9.84. The number of rotatable bonds is 6. The fourth-order valence-corrected chi connectivity index (χ4v) is 2.28. The second kappa shape index (κ2) is 6.76. The van der Waals surface area contributed by atoms with Gasteiger partial charge in [0.05, 0.1) is 18.5 Å². The van der Waals surface area contributed by atoms with Gasteiger partial charge in [0, 0.05) is 18.3 Å². The summed E-state index contributed by atoms with van der Waals surface area (Å²) < 4.78 is 5.46. The van der Waals surface area contributed by atoms with Crippen LogP contribution in [-0.4, -0.2) is 21.0 Å². The lowest BCUT2D eigenvalue weighted by molar-refractivity contribution is 0.137. The van der Waals surface area contributed by atoms with Gasteiger partial charge >= 0.3 is 0 Å². The SMILES string of the molecule is Cc1ccc(O)c(CN(Cc2ccco2)[C@@H](C)C(C)C)n1. The maximum absolute atomic E-state index is 10.0. The quantitative estimate of drug-likeness (QED) is 0.879. The highest BCUT2D eigenvalue weighted by molar-refractivity contribution is 5.27. The van der Waals surface area contributed by atoms with Crippen molar-refractivity contribution in [2.45, 2.75) is 46.8 Å². The van der Waals surface area contributed by atoms with E-state index in [-0.39, 0.29) is 5.75 Å². The largest absolute Gasteiger partial charge is 0.506 e. The van der Waals surface area contributed by atoms with E-state index in [4.69, 9.17) is 4.42 Å². The van der Waals surface area contributed by atoms with Crippen molar-refractivity contribution in [1.82, 2.24) is 9.88 Å². The van der Waals surface area contributed by atoms with E-state index in [1.807, 2.05) is 25.1 Å². The fourth-order valence-electron chi connectivity index (χ4n) is 2.28. The zero-order valence-electron chi connectivity index (χ0n) is 13.2. The number of aromatic hydroxyl groups is 1. The molecule has 2 rings (SSSR count). The molecular formula is C17H24N2O2. The molecule has 0 amide bonds. The van der Waals surface area contributed by atoms with E-state index in [1.165, 1.54) is 0 Å². The van der Waals surface area contributed by atoms with E-state index in [9.17, 15) is 5.11 Å². The number of nitrogens with zero attached hydrogens (tertiary/aromatic N) is 2. The van der Waals surface area contributed by atoms with Crippen molar-refractivity contribution in [1.29, 1.82) is 0 Å². The zero-order chi connectivity index (χ0) is 15.4. The van der Waals surface area contributed by atoms with Crippen LogP contribution in [0.4, 0.5) is 0 Å². The van der Waals surface area contributed by atoms with E-state index in [2.05, 4.69) is 30.7 Å². The summed E-state index contributed by atoms with van der Waals surface area (Å²) >= 11 is 0. The summed E-state index contributed by atoms with van der Waals surface area (Å²) in [5.41, 5.74) is 1.63. The van der Waals surface area contributed by atoms with E-state index in [0.29, 0.717) is 30.7 Å². The Kier molecular flexibility index (Phi) is 5.02. The van der Waals surface area contributed by atoms with Crippen LogP contribution in [0.5, 0.6) is 5.75 Å². The third kappa shape index (κ3) is 4.08. The average Bonchev–Trinajstić information content (AvgIpc) is 2.94. The van der Waals surface area contributed by atoms with Gasteiger partial charge < -0.3 is 9.52 Å². The predicted molar refractivity (Wildman–Crippen MR) is 82.9 cm³/mol. The Morgan fingerprint density at radius 1 is 1.19 bits per heavy atom. The second-order valence-corrected chi connectivity index (χ2v) is 5.89. The summed E-state index contributed by atoms with van der Waals surface area (Å²) in [6.07, 6.45) is 1.69. The third-order valence-electron chi connectivity index (χ3n) is 3.92. The van der Waals surface area contributed by atoms with Crippen molar-refractivity contribution in [3.05, 3.63) is 47.7 Å². The van der Waals surface area contributed by atoms with Crippen LogP contribution in [0.25, 0.3) is 0 Å². The monoisotopic (exact) mass is 288 g/mol. The first kappa shape index (κ1) is 15.6. The number of aromatic nitrogens is 1. The zero-order valence-corrected chi connectivity index (χ0v) is 13.2. The fraction of sp³-hybridized carbons (Fsp3) is 0.471. The van der Waals surface area contributed by atoms with Crippen molar-refractivity contribution in [3.8, 4) is 5.75 Å². The van der Waals surface area contributed by atoms with E-state index >= 15 is 0 Å². The molecule has 0 unspecified atom stereocenters. The van der Waals surface area contributed by atoms with Crippen molar-refractivity contribution < 1.29 is 9.52 Å². The molecule has 2 heterocycles. The van der Waals surface area contributed by atoms with Gasteiger partial charge in [-0.3, -0.25) is 9.88 Å². The maximum atomic E-state index is 10.0. The number of pyridine rings is 1. The van der Waals surface area contributed by atoms with Crippen molar-refractivity contribution >= 4 is 0 Å². The molecule has 21 heavy (non-hydrogen) atoms. The van der Waals surface area contributed by atoms with Crippen LogP contribution in [0, 0.1) is 12.8 Å². The van der Waals surface area contributed by atoms with Crippen molar-refractivity contribution in [2.75, 3.05) is 0 Å². The lowest BCUT2D eigenvalue weighted by atomic mass is 10.0. The van der Waals surface area contributed by atoms with Gasteiger partial charge in [0.1, 0.15) is 11.5 Å². The summed E-state index contributed by atoms with van der Waals surface area (Å²) in [6, 6.07) is 7.76. The highest BCUT2D eigenvalue weighted by Gasteiger charge is 2.20. The Bertz CT molecular complexity index is 564. The van der Waals surface area contributed by atoms with Gasteiger partial charge in [0.25, 0.3) is 0 Å². The minimum absolute atomic E-state index is 0.251. The van der Waals surface area contributed by atoms with Crippen LogP contribution in [0.1, 0.15) is 37.9 Å². The van der Waals surface area contributed by atoms with Crippen LogP contribution in [0.3, 0.4) is 0 Å². The highest BCUT2D eigenvalue weighted by atomic mass is 16.3. The first-order valence-electron chi connectivity index (χ1n) is 7.39. The molecule has 0 aliphatic heterocycles. The molecule has 1 atom stereocenters. The Morgan fingerprint density at radius 3 is 2.57 bits per heavy atom. The summed E-state index contributed by atoms with van der Waals surface area (Å²) in [5, 5.41) is 10.0. The average molecular weight is 288 g/mol. The van der Waals surface area contributed by atoms with E-state index in [0.717, 1.165) is 11.5 Å². The predicted octanol–water partition coefficient (Wildman–Crippen LogP) is 3.74. The molecule has 0 radical (unpaired) electrons. The van der Waals surface area contributed by atoms with Gasteiger partial charge in [-0.2, -0.15) is 0 Å². The van der Waals surface area contributed by atoms with Gasteiger partial charge in [-0.25, -0.2) is 0 Å². The molecular weight excluding hydrogens is 264 g/mol. The molecule has 0 saturated heterocycles. The van der Waals surface area contributed by atoms with Gasteiger partial charge in [0.2, 0.25) is 0 Å². The molecule has 0 spiro atoms. The molecule has 0 aliphatic carbocycles. The molecule has 2 aromatic heterocycles. The molecule has 4 nitrogen and oxygen atoms in total. The molecule has 2 aromatic rings. The lowest BCUT2D eigenvalue weighted by Gasteiger charge is -2.31. The van der Waals surface area contributed by atoms with E-state index in [1.54, 1.807) is 12.3 Å². The van der Waals surface area contributed by atoms with Crippen molar-refractivity contribution in [2.24, 2.45) is 5.92 Å². The van der Waals surface area contributed by atoms with Crippen LogP contribution in [0.2, 0.25) is 0 Å². The third-order valence-corrected chi connectivity index (χ3v) is 3.92. The summed E-state index contributed by atoms with van der Waals surface area (Å²) in [5.74, 6) is 1.68. The Balaban J connectivity index is 2.20. The molecule has 0 bridgehead atoms. The molecule has 114 valence electrons. The summed E-state index contributed by atoms with van der Waals surface area (Å²) in [7, 11) is 0. The van der Waals surface area contributed by atoms with Crippen LogP contribution in [0.15, 0.2) is 34.9 Å². The Hall–Kier alpha value is -1.81. The molecule has 0 saturated carbocycles. The maximum Gasteiger partial charge on any atom is 0.138 e. The number of hydrogen-bond acceptors (Lipinski definition) is 4. The molecule has 0 aliphatic rings. The van der Waals surface area contributed by atoms with Gasteiger partial charge in [0.15, 0.2) is 0 Å². The first-order valence-corrected chi connectivity index (χ1v) is 7.39. The molecule has 4 heteroatoms. The Morgan fingerprint density at radius 2 is 1.95 bits per heavy atom. The van der Waals surface area contributed by atoms with Gasteiger partial charge in [-0.05, 0) is 44.0 Å². The number of furan rings is 1. The molecule has 0 fully saturated rings. The second-order valence-electron chi connectivity index (χ2n) is 5.89. The van der Waals surface area contributed by atoms with Gasteiger partial charge in [-0.1, -0.05) is 13.8 Å². The Labute approximate surface area is 126 Å². The summed E-state index contributed by atoms with van der Waals surface area (Å²) in [4.78, 5) is 6.74. The van der Waals surface area contributed by atoms with E-state index < -0.39 is 0 Å². The van der Waals surface area contributed by atoms with Gasteiger partial charge in [-0.15, -0.1) is 0 Å². The minimum atomic E-state index is 0.251. The number of hydrogen-bond donors (Lipinski definition) is 1. The van der Waals surface area contributed by atoms with Crippen molar-refractivity contribution in [3.63, 3.8) is 0 Å². The lowest BCUT2D eigenvalue weighted by Crippen LogP contribution is -2.36. The van der Waals surface area contributed by atoms with Crippen LogP contribution in [-0.2, 0) is 13.1 Å². The normalized spacial score (nSPS) is 13.0. The molecule has 0 aromatic carbocycles. The smallest absolute Gasteiger partial charge is 0.138 e. The minimum Gasteiger partial charge on any atom is -0.506 e. The highest BCUT2D eigenvalue weighted by Crippen LogP contribution is 2.22. The first-order chi connectivity index (χ1) is 9.97. The van der Waals surface area contributed by atoms with Crippen LogP contribution < -0.4 is 0 Å². The molecule has 1 N–H and O–H groups in total.